The standard InChI is InChI=1S/C28H21NSe/c1-3-18-10-13-19-14-15-22-25-21-6-4-5-7-24(21)29-26(20-11-8-17(2)9-12-20)28(25)30-27(22)23(19)16-18/h4-16H,3H2,1-2H3. The molecule has 0 aliphatic heterocycles. The van der Waals surface area contributed by atoms with Gasteiger partial charge in [-0.2, -0.15) is 0 Å². The zero-order valence-electron chi connectivity index (χ0n) is 17.1. The molecule has 0 N–H and O–H groups in total. The second-order valence-corrected chi connectivity index (χ2v) is 10.1. The average Bonchev–Trinajstić information content (AvgIpc) is 3.19. The van der Waals surface area contributed by atoms with Gasteiger partial charge in [0.1, 0.15) is 0 Å². The average molecular weight is 450 g/mol. The topological polar surface area (TPSA) is 12.9 Å². The molecule has 2 heterocycles. The predicted molar refractivity (Wildman–Crippen MR) is 131 cm³/mol. The first-order valence-corrected chi connectivity index (χ1v) is 12.2. The first-order chi connectivity index (χ1) is 14.7. The van der Waals surface area contributed by atoms with Gasteiger partial charge in [0.15, 0.2) is 0 Å². The van der Waals surface area contributed by atoms with Crippen LogP contribution in [0, 0.1) is 6.92 Å². The summed E-state index contributed by atoms with van der Waals surface area (Å²) < 4.78 is 2.94. The van der Waals surface area contributed by atoms with E-state index in [0.29, 0.717) is 0 Å². The molecule has 2 aromatic heterocycles. The van der Waals surface area contributed by atoms with Gasteiger partial charge in [0, 0.05) is 0 Å². The Morgan fingerprint density at radius 2 is 1.57 bits per heavy atom. The molecule has 0 spiro atoms. The van der Waals surface area contributed by atoms with Gasteiger partial charge in [0.2, 0.25) is 0 Å². The fourth-order valence-corrected chi connectivity index (χ4v) is 7.28. The fourth-order valence-electron chi connectivity index (χ4n) is 4.44. The summed E-state index contributed by atoms with van der Waals surface area (Å²) in [5.74, 6) is 0. The van der Waals surface area contributed by atoms with Crippen molar-refractivity contribution in [1.29, 1.82) is 0 Å². The fraction of sp³-hybridized carbons (Fsp3) is 0.107. The molecule has 4 aromatic carbocycles. The summed E-state index contributed by atoms with van der Waals surface area (Å²) in [6.45, 7) is 4.37. The van der Waals surface area contributed by atoms with E-state index in [1.165, 1.54) is 52.1 Å². The van der Waals surface area contributed by atoms with Gasteiger partial charge in [-0.3, -0.25) is 0 Å². The van der Waals surface area contributed by atoms with Crippen molar-refractivity contribution in [3.63, 3.8) is 0 Å². The van der Waals surface area contributed by atoms with Crippen molar-refractivity contribution < 1.29 is 0 Å². The normalized spacial score (nSPS) is 11.8. The zero-order chi connectivity index (χ0) is 20.2. The van der Waals surface area contributed by atoms with Gasteiger partial charge in [-0.25, -0.2) is 0 Å². The van der Waals surface area contributed by atoms with Crippen LogP contribution >= 0.6 is 0 Å². The summed E-state index contributed by atoms with van der Waals surface area (Å²) in [4.78, 5) is 5.16. The van der Waals surface area contributed by atoms with E-state index in [0.717, 1.165) is 17.6 Å². The molecule has 0 aliphatic rings. The molecule has 1 nitrogen and oxygen atoms in total. The van der Waals surface area contributed by atoms with Crippen LogP contribution in [0.3, 0.4) is 0 Å². The molecule has 144 valence electrons. The van der Waals surface area contributed by atoms with Gasteiger partial charge in [-0.05, 0) is 0 Å². The van der Waals surface area contributed by atoms with Crippen LogP contribution in [0.5, 0.6) is 0 Å². The molecule has 6 rings (SSSR count). The second-order valence-electron chi connectivity index (χ2n) is 8.00. The molecule has 0 saturated carbocycles. The summed E-state index contributed by atoms with van der Waals surface area (Å²) in [7, 11) is 0. The van der Waals surface area contributed by atoms with E-state index in [1.807, 2.05) is 0 Å². The van der Waals surface area contributed by atoms with E-state index >= 15 is 0 Å². The van der Waals surface area contributed by atoms with Crippen molar-refractivity contribution in [3.8, 4) is 11.3 Å². The second kappa shape index (κ2) is 6.80. The van der Waals surface area contributed by atoms with Crippen LogP contribution in [-0.4, -0.2) is 19.5 Å². The van der Waals surface area contributed by atoms with E-state index in [1.54, 1.807) is 0 Å². The number of nitrogens with zero attached hydrogens (tertiary/aromatic N) is 1. The van der Waals surface area contributed by atoms with Crippen molar-refractivity contribution in [1.82, 2.24) is 4.98 Å². The Kier molecular flexibility index (Phi) is 4.06. The van der Waals surface area contributed by atoms with E-state index in [2.05, 4.69) is 92.7 Å². The maximum atomic E-state index is 5.16. The van der Waals surface area contributed by atoms with E-state index in [4.69, 9.17) is 4.98 Å². The van der Waals surface area contributed by atoms with Crippen molar-refractivity contribution in [2.75, 3.05) is 0 Å². The number of para-hydroxylation sites is 1. The number of hydrogen-bond donors (Lipinski definition) is 0. The predicted octanol–water partition coefficient (Wildman–Crippen LogP) is 7.29. The minimum absolute atomic E-state index is 0.230. The molecule has 0 aliphatic carbocycles. The molecule has 0 saturated heterocycles. The molecule has 0 fully saturated rings. The first kappa shape index (κ1) is 17.9. The molecule has 6 aromatic rings. The number of rotatable bonds is 2. The summed E-state index contributed by atoms with van der Waals surface area (Å²) >= 11 is 0.230. The first-order valence-electron chi connectivity index (χ1n) is 10.5. The van der Waals surface area contributed by atoms with Gasteiger partial charge in [0.25, 0.3) is 0 Å². The molecular formula is C28H21NSe. The number of fused-ring (bicyclic) bond motifs is 7. The summed E-state index contributed by atoms with van der Waals surface area (Å²) in [5, 5.41) is 6.83. The Bertz CT molecular complexity index is 1570. The Morgan fingerprint density at radius 3 is 2.40 bits per heavy atom. The Labute approximate surface area is 181 Å². The third-order valence-electron chi connectivity index (χ3n) is 6.09. The monoisotopic (exact) mass is 451 g/mol. The van der Waals surface area contributed by atoms with Crippen LogP contribution in [0.4, 0.5) is 0 Å². The molecular weight excluding hydrogens is 429 g/mol. The van der Waals surface area contributed by atoms with Gasteiger partial charge in [-0.15, -0.1) is 0 Å². The van der Waals surface area contributed by atoms with Crippen LogP contribution in [-0.2, 0) is 6.42 Å². The van der Waals surface area contributed by atoms with Crippen LogP contribution in [0.1, 0.15) is 18.1 Å². The molecule has 2 heteroatoms. The van der Waals surface area contributed by atoms with Gasteiger partial charge in [0.05, 0.1) is 0 Å². The van der Waals surface area contributed by atoms with Crippen LogP contribution in [0.25, 0.3) is 52.2 Å². The van der Waals surface area contributed by atoms with E-state index in [-0.39, 0.29) is 14.5 Å². The van der Waals surface area contributed by atoms with E-state index in [9.17, 15) is 0 Å². The summed E-state index contributed by atoms with van der Waals surface area (Å²) in [6, 6.07) is 29.0. The number of pyridine rings is 1. The molecule has 0 atom stereocenters. The summed E-state index contributed by atoms with van der Waals surface area (Å²) in [5.41, 5.74) is 6.14. The Hall–Kier alpha value is -2.93. The Morgan fingerprint density at radius 1 is 0.767 bits per heavy atom. The van der Waals surface area contributed by atoms with Gasteiger partial charge in [-0.1, -0.05) is 0 Å². The summed E-state index contributed by atoms with van der Waals surface area (Å²) in [6.07, 6.45) is 1.07. The van der Waals surface area contributed by atoms with Crippen LogP contribution in [0.2, 0.25) is 0 Å². The number of aryl methyl sites for hydroxylation is 2. The number of hydrogen-bond acceptors (Lipinski definition) is 1. The minimum atomic E-state index is 0.230. The van der Waals surface area contributed by atoms with Gasteiger partial charge < -0.3 is 0 Å². The maximum absolute atomic E-state index is 5.16. The third kappa shape index (κ3) is 2.65. The van der Waals surface area contributed by atoms with E-state index < -0.39 is 0 Å². The number of benzene rings is 4. The van der Waals surface area contributed by atoms with Crippen LogP contribution in [0.15, 0.2) is 78.9 Å². The SMILES string of the molecule is CCc1ccc2ccc3c([se]c4c(-c5ccc(C)cc5)nc5ccccc5c43)c2c1. The number of aromatic nitrogens is 1. The molecule has 0 radical (unpaired) electrons. The Balaban J connectivity index is 1.82. The molecule has 0 amide bonds. The van der Waals surface area contributed by atoms with Crippen molar-refractivity contribution in [2.45, 2.75) is 20.3 Å². The van der Waals surface area contributed by atoms with Crippen molar-refractivity contribution >= 4 is 55.5 Å². The van der Waals surface area contributed by atoms with Crippen LogP contribution < -0.4 is 0 Å². The van der Waals surface area contributed by atoms with Crippen molar-refractivity contribution in [3.05, 3.63) is 90.0 Å². The third-order valence-corrected chi connectivity index (χ3v) is 8.70. The van der Waals surface area contributed by atoms with Gasteiger partial charge >= 0.3 is 182 Å². The quantitative estimate of drug-likeness (QED) is 0.253. The molecule has 30 heavy (non-hydrogen) atoms. The van der Waals surface area contributed by atoms with Crippen molar-refractivity contribution in [2.24, 2.45) is 0 Å². The zero-order valence-corrected chi connectivity index (χ0v) is 18.8. The molecule has 0 bridgehead atoms. The molecule has 0 unspecified atom stereocenters.